The zero-order chi connectivity index (χ0) is 39.5. The molecule has 5 atom stereocenters. The molecule has 0 radical (unpaired) electrons. The Bertz CT molecular complexity index is 1830. The van der Waals surface area contributed by atoms with Crippen molar-refractivity contribution in [3.63, 3.8) is 0 Å². The van der Waals surface area contributed by atoms with Crippen LogP contribution in [0.1, 0.15) is 96.1 Å². The van der Waals surface area contributed by atoms with Gasteiger partial charge in [0.15, 0.2) is 0 Å². The van der Waals surface area contributed by atoms with Crippen molar-refractivity contribution < 1.29 is 41.9 Å². The van der Waals surface area contributed by atoms with Crippen LogP contribution in [0.2, 0.25) is 0 Å². The Kier molecular flexibility index (Phi) is 11.8. The van der Waals surface area contributed by atoms with Crippen LogP contribution >= 0.6 is 0 Å². The first kappa shape index (κ1) is 40.0. The van der Waals surface area contributed by atoms with Gasteiger partial charge in [0.2, 0.25) is 11.8 Å². The molecule has 1 aromatic rings. The standard InChI is InChI=1S/C38H51N7O9S/c1-37(2,3)54-35(49)40-30-15-8-6-4-5-7-14-27-21-38(27,34(48)42-55(51,52)45(19-11-18-39)28-16-17-28)41-32(46)31-20-29(24-44(31)33(30)47)53-36(50)43-22-25-12-9-10-13-26(25)23-43/h7,9-10,12-14,27-31H,4-6,8,11,15-17,19-24H2,1-3H3,(H,40,49)(H,41,46)(H,42,48)/b14-7-/t27-,29+,30-,31-,38+/m0/s1. The number of nitrogens with zero attached hydrogens (tertiary/aromatic N) is 4. The predicted octanol–water partition coefficient (Wildman–Crippen LogP) is 3.14. The lowest BCUT2D eigenvalue weighted by Crippen LogP contribution is -2.59. The topological polar surface area (TPSA) is 208 Å². The number of hydrogen-bond donors (Lipinski definition) is 3. The molecule has 16 nitrogen and oxygen atoms in total. The monoisotopic (exact) mass is 781 g/mol. The van der Waals surface area contributed by atoms with Crippen molar-refractivity contribution in [1.82, 2.24) is 29.5 Å². The van der Waals surface area contributed by atoms with Crippen LogP contribution in [0.15, 0.2) is 36.4 Å². The van der Waals surface area contributed by atoms with Gasteiger partial charge in [0.05, 0.1) is 12.6 Å². The molecule has 0 unspecified atom stereocenters. The smallest absolute Gasteiger partial charge is 0.410 e. The van der Waals surface area contributed by atoms with E-state index in [4.69, 9.17) is 14.7 Å². The molecule has 17 heteroatoms. The van der Waals surface area contributed by atoms with Crippen molar-refractivity contribution in [2.45, 2.75) is 133 Å². The molecule has 2 aliphatic carbocycles. The fourth-order valence-electron chi connectivity index (χ4n) is 7.58. The maximum absolute atomic E-state index is 14.4. The Morgan fingerprint density at radius 2 is 1.78 bits per heavy atom. The molecule has 6 rings (SSSR count). The molecule has 2 saturated carbocycles. The van der Waals surface area contributed by atoms with E-state index < -0.39 is 75.4 Å². The molecule has 55 heavy (non-hydrogen) atoms. The third-order valence-electron chi connectivity index (χ3n) is 10.6. The number of alkyl carbamates (subject to hydrolysis) is 1. The van der Waals surface area contributed by atoms with Gasteiger partial charge in [-0.15, -0.1) is 0 Å². The van der Waals surface area contributed by atoms with Crippen LogP contribution in [0.5, 0.6) is 0 Å². The quantitative estimate of drug-likeness (QED) is 0.329. The van der Waals surface area contributed by atoms with Gasteiger partial charge in [0.25, 0.3) is 5.91 Å². The summed E-state index contributed by atoms with van der Waals surface area (Å²) in [5.74, 6) is -2.74. The number of allylic oxidation sites excluding steroid dienone is 1. The largest absolute Gasteiger partial charge is 0.444 e. The molecule has 0 bridgehead atoms. The van der Waals surface area contributed by atoms with Gasteiger partial charge in [0.1, 0.15) is 29.3 Å². The van der Waals surface area contributed by atoms with Gasteiger partial charge >= 0.3 is 22.4 Å². The number of benzene rings is 1. The third-order valence-corrected chi connectivity index (χ3v) is 12.2. The maximum atomic E-state index is 14.4. The highest BCUT2D eigenvalue weighted by atomic mass is 32.2. The minimum atomic E-state index is -4.35. The first-order valence-corrected chi connectivity index (χ1v) is 20.6. The zero-order valence-electron chi connectivity index (χ0n) is 31.6. The highest BCUT2D eigenvalue weighted by Gasteiger charge is 2.62. The van der Waals surface area contributed by atoms with E-state index in [1.807, 2.05) is 42.5 Å². The summed E-state index contributed by atoms with van der Waals surface area (Å²) in [7, 11) is -4.35. The van der Waals surface area contributed by atoms with Crippen molar-refractivity contribution in [3.8, 4) is 6.07 Å². The lowest BCUT2D eigenvalue weighted by Gasteiger charge is -2.30. The van der Waals surface area contributed by atoms with Crippen molar-refractivity contribution in [2.24, 2.45) is 5.92 Å². The Morgan fingerprint density at radius 1 is 1.07 bits per heavy atom. The zero-order valence-corrected chi connectivity index (χ0v) is 32.4. The van der Waals surface area contributed by atoms with Crippen molar-refractivity contribution in [3.05, 3.63) is 47.5 Å². The molecule has 0 spiro atoms. The Morgan fingerprint density at radius 3 is 2.44 bits per heavy atom. The van der Waals surface area contributed by atoms with Gasteiger partial charge < -0.3 is 25.0 Å². The van der Waals surface area contributed by atoms with Crippen LogP contribution in [-0.2, 0) is 47.2 Å². The molecule has 3 N–H and O–H groups in total. The molecule has 3 aliphatic heterocycles. The fourth-order valence-corrected chi connectivity index (χ4v) is 9.05. The van der Waals surface area contributed by atoms with Crippen LogP contribution in [0.25, 0.3) is 0 Å². The first-order valence-electron chi connectivity index (χ1n) is 19.1. The number of ether oxygens (including phenoxy) is 2. The van der Waals surface area contributed by atoms with Gasteiger partial charge in [-0.1, -0.05) is 49.3 Å². The highest BCUT2D eigenvalue weighted by Crippen LogP contribution is 2.46. The lowest BCUT2D eigenvalue weighted by molar-refractivity contribution is -0.141. The van der Waals surface area contributed by atoms with E-state index in [-0.39, 0.29) is 44.8 Å². The van der Waals surface area contributed by atoms with E-state index in [0.29, 0.717) is 38.8 Å². The second-order valence-electron chi connectivity index (χ2n) is 16.1. The van der Waals surface area contributed by atoms with Crippen molar-refractivity contribution >= 4 is 40.1 Å². The highest BCUT2D eigenvalue weighted by molar-refractivity contribution is 7.87. The molecule has 3 heterocycles. The number of carbonyl (C=O) groups is 5. The molecule has 1 aromatic carbocycles. The second kappa shape index (κ2) is 16.2. The lowest BCUT2D eigenvalue weighted by atomic mass is 10.0. The summed E-state index contributed by atoms with van der Waals surface area (Å²) in [6, 6.07) is 6.99. The van der Waals surface area contributed by atoms with Gasteiger partial charge in [-0.2, -0.15) is 18.0 Å². The van der Waals surface area contributed by atoms with Crippen LogP contribution in [0, 0.1) is 17.2 Å². The van der Waals surface area contributed by atoms with Gasteiger partial charge in [-0.25, -0.2) is 14.3 Å². The van der Waals surface area contributed by atoms with E-state index in [2.05, 4.69) is 15.4 Å². The average molecular weight is 782 g/mol. The molecular weight excluding hydrogens is 731 g/mol. The van der Waals surface area contributed by atoms with Crippen molar-refractivity contribution in [1.29, 1.82) is 5.26 Å². The number of amides is 5. The summed E-state index contributed by atoms with van der Waals surface area (Å²) in [6.45, 7) is 5.58. The Hall–Kier alpha value is -4.69. The van der Waals surface area contributed by atoms with Crippen LogP contribution in [0.4, 0.5) is 9.59 Å². The van der Waals surface area contributed by atoms with E-state index in [1.165, 1.54) is 9.80 Å². The number of rotatable bonds is 8. The summed E-state index contributed by atoms with van der Waals surface area (Å²) in [5.41, 5.74) is -0.482. The number of nitriles is 1. The summed E-state index contributed by atoms with van der Waals surface area (Å²) >= 11 is 0. The molecule has 5 amide bonds. The molecule has 1 saturated heterocycles. The summed E-state index contributed by atoms with van der Waals surface area (Å²) in [6.07, 6.45) is 5.56. The van der Waals surface area contributed by atoms with Crippen LogP contribution in [0.3, 0.4) is 0 Å². The van der Waals surface area contributed by atoms with Crippen LogP contribution < -0.4 is 15.4 Å². The maximum Gasteiger partial charge on any atom is 0.410 e. The number of hydrogen-bond acceptors (Lipinski definition) is 10. The van der Waals surface area contributed by atoms with Crippen LogP contribution in [-0.4, -0.2) is 101 Å². The van der Waals surface area contributed by atoms with E-state index in [0.717, 1.165) is 28.3 Å². The first-order chi connectivity index (χ1) is 26.1. The normalized spacial score (nSPS) is 27.6. The van der Waals surface area contributed by atoms with E-state index in [9.17, 15) is 32.4 Å². The molecule has 3 fully saturated rings. The van der Waals surface area contributed by atoms with Gasteiger partial charge in [-0.3, -0.25) is 19.3 Å². The summed E-state index contributed by atoms with van der Waals surface area (Å²) in [4.78, 5) is 71.9. The number of nitrogens with one attached hydrogen (secondary N) is 3. The van der Waals surface area contributed by atoms with Crippen molar-refractivity contribution in [2.75, 3.05) is 13.1 Å². The number of fused-ring (bicyclic) bond motifs is 3. The Labute approximate surface area is 322 Å². The molecule has 5 aliphatic rings. The summed E-state index contributed by atoms with van der Waals surface area (Å²) < 4.78 is 41.6. The van der Waals surface area contributed by atoms with E-state index >= 15 is 0 Å². The molecular formula is C38H51N7O9S. The third kappa shape index (κ3) is 9.58. The minimum absolute atomic E-state index is 0.0510. The molecule has 0 aromatic heterocycles. The molecule has 298 valence electrons. The van der Waals surface area contributed by atoms with E-state index in [1.54, 1.807) is 20.8 Å². The fraction of sp³-hybridized carbons (Fsp3) is 0.632. The minimum Gasteiger partial charge on any atom is -0.444 e. The predicted molar refractivity (Wildman–Crippen MR) is 197 cm³/mol. The van der Waals surface area contributed by atoms with Gasteiger partial charge in [0, 0.05) is 44.4 Å². The average Bonchev–Trinajstić information content (AvgIpc) is 3.97. The Balaban J connectivity index is 1.25. The SMILES string of the molecule is CC(C)(C)OC(=O)N[C@H]1CCCCC/C=C\[C@H]2C[C@@]2(C(=O)NS(=O)(=O)N(CCC#N)C2CC2)NC(=O)[C@@H]2C[C@@H](OC(=O)N3Cc4ccccc4C3)CN2C1=O. The number of carbonyl (C=O) groups excluding carboxylic acids is 5. The summed E-state index contributed by atoms with van der Waals surface area (Å²) in [5, 5.41) is 14.6. The van der Waals surface area contributed by atoms with Gasteiger partial charge in [-0.05, 0) is 70.4 Å². The second-order valence-corrected chi connectivity index (χ2v) is 17.7.